The molecule has 0 aliphatic carbocycles. The number of hydrogen-bond donors (Lipinski definition) is 2. The number of aliphatic hydroxyl groups is 1. The molecule has 0 bridgehead atoms. The van der Waals surface area contributed by atoms with Gasteiger partial charge in [-0.1, -0.05) is 0 Å². The highest BCUT2D eigenvalue weighted by Gasteiger charge is 2.42. The first kappa shape index (κ1) is 19.4. The van der Waals surface area contributed by atoms with Crippen molar-refractivity contribution in [2.24, 2.45) is 10.4 Å². The number of aliphatic imine (C=N–C) groups is 1. The standard InChI is InChI=1S/C17H26N4O2.HI/c1-2-19-16(20-11-15(22)14-3-7-18-8-4-14)21-9-5-17(12-21)6-10-23-13-17;/h3-4,7-8,15,22H,2,5-6,9-13H2,1H3,(H,19,20);1H. The second-order valence-corrected chi connectivity index (χ2v) is 6.47. The van der Waals surface area contributed by atoms with Gasteiger partial charge in [0.2, 0.25) is 0 Å². The molecule has 7 heteroatoms. The molecule has 2 aliphatic heterocycles. The SMILES string of the molecule is CCNC(=NCC(O)c1ccncc1)N1CCC2(CCOC2)C1.I. The number of nitrogens with zero attached hydrogens (tertiary/aromatic N) is 3. The quantitative estimate of drug-likeness (QED) is 0.420. The van der Waals surface area contributed by atoms with Gasteiger partial charge in [0, 0.05) is 44.0 Å². The summed E-state index contributed by atoms with van der Waals surface area (Å²) in [5.74, 6) is 0.893. The molecule has 6 nitrogen and oxygen atoms in total. The van der Waals surface area contributed by atoms with E-state index in [1.165, 1.54) is 0 Å². The molecule has 2 N–H and O–H groups in total. The molecule has 0 amide bonds. The Morgan fingerprint density at radius 1 is 1.46 bits per heavy atom. The van der Waals surface area contributed by atoms with E-state index in [0.29, 0.717) is 12.0 Å². The van der Waals surface area contributed by atoms with Gasteiger partial charge >= 0.3 is 0 Å². The van der Waals surface area contributed by atoms with Gasteiger partial charge < -0.3 is 20.1 Å². The Bertz CT molecular complexity index is 535. The average Bonchev–Trinajstić information content (AvgIpc) is 3.22. The molecule has 2 atom stereocenters. The topological polar surface area (TPSA) is 70.0 Å². The number of hydrogen-bond acceptors (Lipinski definition) is 4. The Morgan fingerprint density at radius 3 is 2.92 bits per heavy atom. The summed E-state index contributed by atoms with van der Waals surface area (Å²) < 4.78 is 5.59. The summed E-state index contributed by atoms with van der Waals surface area (Å²) in [4.78, 5) is 10.9. The fourth-order valence-corrected chi connectivity index (χ4v) is 3.38. The minimum absolute atomic E-state index is 0. The van der Waals surface area contributed by atoms with E-state index in [-0.39, 0.29) is 24.0 Å². The highest BCUT2D eigenvalue weighted by atomic mass is 127. The first-order valence-electron chi connectivity index (χ1n) is 8.41. The van der Waals surface area contributed by atoms with E-state index < -0.39 is 6.10 Å². The Labute approximate surface area is 160 Å². The second-order valence-electron chi connectivity index (χ2n) is 6.47. The Balaban J connectivity index is 0.00000208. The van der Waals surface area contributed by atoms with Crippen molar-refractivity contribution in [3.05, 3.63) is 30.1 Å². The predicted molar refractivity (Wildman–Crippen MR) is 105 cm³/mol. The molecule has 1 aromatic heterocycles. The van der Waals surface area contributed by atoms with Crippen molar-refractivity contribution < 1.29 is 9.84 Å². The number of halogens is 1. The third-order valence-corrected chi connectivity index (χ3v) is 4.76. The van der Waals surface area contributed by atoms with Crippen LogP contribution in [-0.4, -0.2) is 60.3 Å². The lowest BCUT2D eigenvalue weighted by molar-refractivity contribution is 0.156. The third kappa shape index (κ3) is 4.58. The number of pyridine rings is 1. The van der Waals surface area contributed by atoms with E-state index in [9.17, 15) is 5.11 Å². The van der Waals surface area contributed by atoms with Gasteiger partial charge in [-0.25, -0.2) is 0 Å². The lowest BCUT2D eigenvalue weighted by Gasteiger charge is -2.25. The number of likely N-dealkylation sites (tertiary alicyclic amines) is 1. The molecule has 1 aromatic rings. The van der Waals surface area contributed by atoms with Crippen LogP contribution < -0.4 is 5.32 Å². The van der Waals surface area contributed by atoms with Gasteiger partial charge in [-0.3, -0.25) is 9.98 Å². The van der Waals surface area contributed by atoms with Crippen LogP contribution in [0.5, 0.6) is 0 Å². The highest BCUT2D eigenvalue weighted by molar-refractivity contribution is 14.0. The minimum atomic E-state index is -0.599. The molecular formula is C17H27IN4O2. The van der Waals surface area contributed by atoms with Crippen molar-refractivity contribution in [3.8, 4) is 0 Å². The maximum atomic E-state index is 10.3. The number of aromatic nitrogens is 1. The zero-order chi connectivity index (χ0) is 16.1. The Hall–Kier alpha value is -0.930. The summed E-state index contributed by atoms with van der Waals surface area (Å²) in [6.07, 6.45) is 5.08. The van der Waals surface area contributed by atoms with Crippen LogP contribution in [0.2, 0.25) is 0 Å². The van der Waals surface area contributed by atoms with Gasteiger partial charge in [0.15, 0.2) is 5.96 Å². The zero-order valence-corrected chi connectivity index (χ0v) is 16.5. The van der Waals surface area contributed by atoms with Gasteiger partial charge in [0.1, 0.15) is 0 Å². The van der Waals surface area contributed by atoms with Gasteiger partial charge in [-0.15, -0.1) is 24.0 Å². The smallest absolute Gasteiger partial charge is 0.194 e. The van der Waals surface area contributed by atoms with Gasteiger partial charge in [-0.2, -0.15) is 0 Å². The van der Waals surface area contributed by atoms with Crippen molar-refractivity contribution >= 4 is 29.9 Å². The fourth-order valence-electron chi connectivity index (χ4n) is 3.38. The lowest BCUT2D eigenvalue weighted by atomic mass is 9.87. The van der Waals surface area contributed by atoms with Crippen LogP contribution >= 0.6 is 24.0 Å². The summed E-state index contributed by atoms with van der Waals surface area (Å²) in [6.45, 7) is 6.98. The zero-order valence-electron chi connectivity index (χ0n) is 14.1. The first-order valence-corrected chi connectivity index (χ1v) is 8.41. The summed E-state index contributed by atoms with van der Waals surface area (Å²) in [7, 11) is 0. The molecule has 2 saturated heterocycles. The van der Waals surface area contributed by atoms with Gasteiger partial charge in [0.05, 0.1) is 19.3 Å². The molecule has 2 aliphatic rings. The van der Waals surface area contributed by atoms with E-state index in [0.717, 1.165) is 57.2 Å². The van der Waals surface area contributed by atoms with Crippen LogP contribution in [0.1, 0.15) is 31.4 Å². The summed E-state index contributed by atoms with van der Waals surface area (Å²) in [5, 5.41) is 13.6. The van der Waals surface area contributed by atoms with Gasteiger partial charge in [-0.05, 0) is 37.5 Å². The summed E-state index contributed by atoms with van der Waals surface area (Å²) >= 11 is 0. The predicted octanol–water partition coefficient (Wildman–Crippen LogP) is 1.81. The van der Waals surface area contributed by atoms with E-state index in [4.69, 9.17) is 4.74 Å². The van der Waals surface area contributed by atoms with E-state index in [2.05, 4.69) is 27.1 Å². The fraction of sp³-hybridized carbons (Fsp3) is 0.647. The van der Waals surface area contributed by atoms with Crippen molar-refractivity contribution in [3.63, 3.8) is 0 Å². The molecule has 3 rings (SSSR count). The molecule has 0 radical (unpaired) electrons. The molecule has 1 spiro atoms. The second kappa shape index (κ2) is 8.96. The van der Waals surface area contributed by atoms with Crippen LogP contribution in [0.4, 0.5) is 0 Å². The summed E-state index contributed by atoms with van der Waals surface area (Å²) in [6, 6.07) is 3.65. The lowest BCUT2D eigenvalue weighted by Crippen LogP contribution is -2.41. The first-order chi connectivity index (χ1) is 11.2. The summed E-state index contributed by atoms with van der Waals surface area (Å²) in [5.41, 5.74) is 1.15. The Morgan fingerprint density at radius 2 is 2.25 bits per heavy atom. The monoisotopic (exact) mass is 446 g/mol. The van der Waals surface area contributed by atoms with Crippen LogP contribution in [0.25, 0.3) is 0 Å². The minimum Gasteiger partial charge on any atom is -0.386 e. The van der Waals surface area contributed by atoms with Crippen LogP contribution in [-0.2, 0) is 4.74 Å². The molecule has 2 fully saturated rings. The maximum Gasteiger partial charge on any atom is 0.194 e. The van der Waals surface area contributed by atoms with Crippen molar-refractivity contribution in [2.45, 2.75) is 25.9 Å². The van der Waals surface area contributed by atoms with Crippen LogP contribution in [0, 0.1) is 5.41 Å². The van der Waals surface area contributed by atoms with Gasteiger partial charge in [0.25, 0.3) is 0 Å². The number of nitrogens with one attached hydrogen (secondary N) is 1. The molecule has 0 saturated carbocycles. The molecular weight excluding hydrogens is 419 g/mol. The number of aliphatic hydroxyl groups excluding tert-OH is 1. The molecule has 3 heterocycles. The highest BCUT2D eigenvalue weighted by Crippen LogP contribution is 2.38. The molecule has 24 heavy (non-hydrogen) atoms. The van der Waals surface area contributed by atoms with E-state index in [1.807, 2.05) is 12.1 Å². The van der Waals surface area contributed by atoms with Crippen molar-refractivity contribution in [2.75, 3.05) is 39.4 Å². The number of ether oxygens (including phenoxy) is 1. The molecule has 2 unspecified atom stereocenters. The number of guanidine groups is 1. The van der Waals surface area contributed by atoms with E-state index in [1.54, 1.807) is 12.4 Å². The molecule has 0 aromatic carbocycles. The van der Waals surface area contributed by atoms with Crippen LogP contribution in [0.15, 0.2) is 29.5 Å². The van der Waals surface area contributed by atoms with E-state index >= 15 is 0 Å². The number of rotatable bonds is 4. The third-order valence-electron chi connectivity index (χ3n) is 4.76. The largest absolute Gasteiger partial charge is 0.386 e. The maximum absolute atomic E-state index is 10.3. The molecule has 134 valence electrons. The normalized spacial score (nSPS) is 24.9. The van der Waals surface area contributed by atoms with Crippen molar-refractivity contribution in [1.29, 1.82) is 0 Å². The van der Waals surface area contributed by atoms with Crippen molar-refractivity contribution in [1.82, 2.24) is 15.2 Å². The Kier molecular flexibility index (Phi) is 7.24. The average molecular weight is 446 g/mol. The van der Waals surface area contributed by atoms with Crippen LogP contribution in [0.3, 0.4) is 0 Å².